The van der Waals surface area contributed by atoms with Gasteiger partial charge in [0.2, 0.25) is 5.89 Å². The van der Waals surface area contributed by atoms with Gasteiger partial charge in [-0.3, -0.25) is 4.99 Å². The lowest BCUT2D eigenvalue weighted by molar-refractivity contribution is 0.386. The van der Waals surface area contributed by atoms with Crippen molar-refractivity contribution in [2.24, 2.45) is 4.99 Å². The van der Waals surface area contributed by atoms with E-state index in [0.29, 0.717) is 30.3 Å². The number of aryl methyl sites for hydroxylation is 1. The summed E-state index contributed by atoms with van der Waals surface area (Å²) in [6, 6.07) is 7.08. The third-order valence-electron chi connectivity index (χ3n) is 4.22. The fourth-order valence-corrected chi connectivity index (χ4v) is 2.92. The van der Waals surface area contributed by atoms with E-state index >= 15 is 0 Å². The van der Waals surface area contributed by atoms with Crippen LogP contribution in [0.2, 0.25) is 0 Å². The molecule has 2 heterocycles. The monoisotopic (exact) mass is 346 g/mol. The van der Waals surface area contributed by atoms with E-state index in [4.69, 9.17) is 4.52 Å². The molecule has 2 aromatic rings. The van der Waals surface area contributed by atoms with Crippen molar-refractivity contribution in [1.82, 2.24) is 20.8 Å². The highest BCUT2D eigenvalue weighted by atomic mass is 19.1. The number of aromatic nitrogens is 2. The summed E-state index contributed by atoms with van der Waals surface area (Å²) in [4.78, 5) is 10.6. The lowest BCUT2D eigenvalue weighted by Gasteiger charge is -2.34. The minimum atomic E-state index is -0.195. The summed E-state index contributed by atoms with van der Waals surface area (Å²) >= 11 is 0. The second kappa shape index (κ2) is 7.96. The molecule has 0 amide bonds. The largest absolute Gasteiger partial charge is 0.371 e. The predicted molar refractivity (Wildman–Crippen MR) is 94.0 cm³/mol. The van der Waals surface area contributed by atoms with E-state index in [2.05, 4.69) is 30.7 Å². The summed E-state index contributed by atoms with van der Waals surface area (Å²) < 4.78 is 18.3. The van der Waals surface area contributed by atoms with Crippen LogP contribution in [0, 0.1) is 12.7 Å². The van der Waals surface area contributed by atoms with Gasteiger partial charge in [-0.25, -0.2) is 4.39 Å². The number of aliphatic imine (C=N–C) groups is 1. The number of anilines is 1. The topological polar surface area (TPSA) is 78.6 Å². The highest BCUT2D eigenvalue weighted by Gasteiger charge is 2.20. The van der Waals surface area contributed by atoms with Crippen LogP contribution in [0.5, 0.6) is 0 Å². The van der Waals surface area contributed by atoms with Gasteiger partial charge in [0.1, 0.15) is 5.82 Å². The zero-order chi connectivity index (χ0) is 17.6. The van der Waals surface area contributed by atoms with Crippen LogP contribution in [0.25, 0.3) is 0 Å². The van der Waals surface area contributed by atoms with E-state index < -0.39 is 0 Å². The lowest BCUT2D eigenvalue weighted by atomic mass is 10.0. The third kappa shape index (κ3) is 4.68. The molecule has 2 N–H and O–H groups in total. The molecular formula is C17H23FN6O. The maximum Gasteiger partial charge on any atom is 0.223 e. The van der Waals surface area contributed by atoms with Crippen LogP contribution in [0.4, 0.5) is 10.1 Å². The highest BCUT2D eigenvalue weighted by Crippen LogP contribution is 2.20. The van der Waals surface area contributed by atoms with Gasteiger partial charge in [0, 0.05) is 38.8 Å². The van der Waals surface area contributed by atoms with Crippen molar-refractivity contribution in [3.05, 3.63) is 41.8 Å². The summed E-state index contributed by atoms with van der Waals surface area (Å²) in [5, 5.41) is 10.5. The van der Waals surface area contributed by atoms with E-state index in [1.54, 1.807) is 26.1 Å². The summed E-state index contributed by atoms with van der Waals surface area (Å²) in [5.41, 5.74) is 0.938. The number of rotatable bonds is 4. The summed E-state index contributed by atoms with van der Waals surface area (Å²) in [6.07, 6.45) is 1.91. The maximum absolute atomic E-state index is 13.4. The Labute approximate surface area is 146 Å². The molecule has 134 valence electrons. The van der Waals surface area contributed by atoms with E-state index in [-0.39, 0.29) is 5.82 Å². The highest BCUT2D eigenvalue weighted by molar-refractivity contribution is 5.79. The van der Waals surface area contributed by atoms with Crippen molar-refractivity contribution in [2.75, 3.05) is 25.0 Å². The summed E-state index contributed by atoms with van der Waals surface area (Å²) in [5.74, 6) is 1.66. The molecule has 1 aromatic carbocycles. The molecule has 1 fully saturated rings. The Balaban J connectivity index is 1.47. The standard InChI is InChI=1S/C17H23FN6O/c1-12-21-16(23-25-12)11-20-17(19-2)22-14-6-8-24(9-7-14)15-5-3-4-13(18)10-15/h3-5,10,14H,6-9,11H2,1-2H3,(H2,19,20,22). The van der Waals surface area contributed by atoms with Crippen LogP contribution < -0.4 is 15.5 Å². The summed E-state index contributed by atoms with van der Waals surface area (Å²) in [6.45, 7) is 3.97. The first-order chi connectivity index (χ1) is 12.1. The number of nitrogens with zero attached hydrogens (tertiary/aromatic N) is 4. The molecular weight excluding hydrogens is 323 g/mol. The number of benzene rings is 1. The molecule has 1 saturated heterocycles. The molecule has 0 saturated carbocycles. The summed E-state index contributed by atoms with van der Waals surface area (Å²) in [7, 11) is 1.73. The van der Waals surface area contributed by atoms with Gasteiger partial charge in [0.05, 0.1) is 6.54 Å². The Morgan fingerprint density at radius 2 is 2.20 bits per heavy atom. The van der Waals surface area contributed by atoms with Crippen molar-refractivity contribution >= 4 is 11.6 Å². The van der Waals surface area contributed by atoms with Gasteiger partial charge in [0.15, 0.2) is 11.8 Å². The van der Waals surface area contributed by atoms with Crippen LogP contribution in [-0.4, -0.2) is 42.3 Å². The average molecular weight is 346 g/mol. The van der Waals surface area contributed by atoms with Gasteiger partial charge in [-0.15, -0.1) is 0 Å². The number of hydrogen-bond acceptors (Lipinski definition) is 5. The van der Waals surface area contributed by atoms with E-state index in [0.717, 1.165) is 31.6 Å². The Kier molecular flexibility index (Phi) is 5.47. The quantitative estimate of drug-likeness (QED) is 0.650. The second-order valence-electron chi connectivity index (χ2n) is 6.04. The molecule has 0 unspecified atom stereocenters. The van der Waals surface area contributed by atoms with Gasteiger partial charge >= 0.3 is 0 Å². The molecule has 0 radical (unpaired) electrons. The smallest absolute Gasteiger partial charge is 0.223 e. The average Bonchev–Trinajstić information content (AvgIpc) is 3.04. The maximum atomic E-state index is 13.4. The molecule has 1 aromatic heterocycles. The minimum absolute atomic E-state index is 0.195. The molecule has 25 heavy (non-hydrogen) atoms. The van der Waals surface area contributed by atoms with E-state index in [1.165, 1.54) is 6.07 Å². The van der Waals surface area contributed by atoms with Gasteiger partial charge in [0.25, 0.3) is 0 Å². The molecule has 0 bridgehead atoms. The zero-order valence-corrected chi connectivity index (χ0v) is 14.5. The number of piperidine rings is 1. The van der Waals surface area contributed by atoms with Crippen molar-refractivity contribution in [1.29, 1.82) is 0 Å². The molecule has 0 atom stereocenters. The van der Waals surface area contributed by atoms with Crippen LogP contribution in [0.3, 0.4) is 0 Å². The first-order valence-corrected chi connectivity index (χ1v) is 8.41. The van der Waals surface area contributed by atoms with Crippen molar-refractivity contribution in [3.8, 4) is 0 Å². The molecule has 1 aliphatic rings. The lowest BCUT2D eigenvalue weighted by Crippen LogP contribution is -2.48. The molecule has 0 spiro atoms. The number of nitrogens with one attached hydrogen (secondary N) is 2. The fourth-order valence-electron chi connectivity index (χ4n) is 2.92. The molecule has 3 rings (SSSR count). The van der Waals surface area contributed by atoms with Gasteiger partial charge in [-0.2, -0.15) is 4.98 Å². The first-order valence-electron chi connectivity index (χ1n) is 8.41. The number of halogens is 1. The second-order valence-corrected chi connectivity index (χ2v) is 6.04. The number of hydrogen-bond donors (Lipinski definition) is 2. The van der Waals surface area contributed by atoms with E-state index in [9.17, 15) is 4.39 Å². The first kappa shape index (κ1) is 17.2. The van der Waals surface area contributed by atoms with Crippen molar-refractivity contribution in [2.45, 2.75) is 32.4 Å². The number of guanidine groups is 1. The Bertz CT molecular complexity index is 723. The van der Waals surface area contributed by atoms with E-state index in [1.807, 2.05) is 6.07 Å². The normalized spacial score (nSPS) is 16.1. The molecule has 7 nitrogen and oxygen atoms in total. The molecule has 1 aliphatic heterocycles. The van der Waals surface area contributed by atoms with Gasteiger partial charge < -0.3 is 20.1 Å². The van der Waals surface area contributed by atoms with Crippen LogP contribution in [0.15, 0.2) is 33.8 Å². The Hall–Kier alpha value is -2.64. The van der Waals surface area contributed by atoms with Gasteiger partial charge in [-0.05, 0) is 31.0 Å². The van der Waals surface area contributed by atoms with Crippen molar-refractivity contribution < 1.29 is 8.91 Å². The third-order valence-corrected chi connectivity index (χ3v) is 4.22. The molecule has 8 heteroatoms. The predicted octanol–water partition coefficient (Wildman–Crippen LogP) is 1.85. The Morgan fingerprint density at radius 1 is 1.40 bits per heavy atom. The van der Waals surface area contributed by atoms with Crippen LogP contribution in [0.1, 0.15) is 24.6 Å². The van der Waals surface area contributed by atoms with Gasteiger partial charge in [-0.1, -0.05) is 11.2 Å². The Morgan fingerprint density at radius 3 is 2.84 bits per heavy atom. The zero-order valence-electron chi connectivity index (χ0n) is 14.5. The van der Waals surface area contributed by atoms with Crippen LogP contribution in [-0.2, 0) is 6.54 Å². The fraction of sp³-hybridized carbons (Fsp3) is 0.471. The SMILES string of the molecule is CN=C(NCc1noc(C)n1)NC1CCN(c2cccc(F)c2)CC1. The van der Waals surface area contributed by atoms with Crippen LogP contribution >= 0.6 is 0 Å². The van der Waals surface area contributed by atoms with Crippen molar-refractivity contribution in [3.63, 3.8) is 0 Å². The molecule has 0 aliphatic carbocycles. The minimum Gasteiger partial charge on any atom is -0.371 e.